The largest absolute Gasteiger partial charge is 0.388 e. The van der Waals surface area contributed by atoms with Gasteiger partial charge in [-0.3, -0.25) is 14.5 Å². The van der Waals surface area contributed by atoms with E-state index in [0.29, 0.717) is 35.9 Å². The summed E-state index contributed by atoms with van der Waals surface area (Å²) in [5, 5.41) is 17.8. The number of nitrogens with one attached hydrogen (secondary N) is 2. The lowest BCUT2D eigenvalue weighted by Crippen LogP contribution is -2.34. The van der Waals surface area contributed by atoms with Gasteiger partial charge in [-0.2, -0.15) is 10.1 Å². The molecule has 0 saturated heterocycles. The first-order valence-electron chi connectivity index (χ1n) is 7.17. The number of nitrogens with zero attached hydrogens (tertiary/aromatic N) is 3. The molecule has 0 aliphatic heterocycles. The molecule has 2 rings (SSSR count). The topological polar surface area (TPSA) is 95.8 Å². The van der Waals surface area contributed by atoms with E-state index in [1.165, 1.54) is 6.20 Å². The van der Waals surface area contributed by atoms with E-state index >= 15 is 0 Å². The Morgan fingerprint density at radius 3 is 2.90 bits per heavy atom. The van der Waals surface area contributed by atoms with Crippen molar-refractivity contribution in [3.8, 4) is 0 Å². The zero-order valence-corrected chi connectivity index (χ0v) is 13.0. The van der Waals surface area contributed by atoms with E-state index in [4.69, 9.17) is 0 Å². The quantitative estimate of drug-likeness (QED) is 0.745. The van der Waals surface area contributed by atoms with Gasteiger partial charge in [-0.05, 0) is 25.7 Å². The molecule has 3 N–H and O–H groups in total. The minimum Gasteiger partial charge on any atom is -0.388 e. The summed E-state index contributed by atoms with van der Waals surface area (Å²) in [5.41, 5.74) is -0.565. The SMILES string of the molecule is CC(C)CCC(C)(O)CNc1nc2c(cnn2C)c(=O)[nH]1. The third-order valence-electron chi connectivity index (χ3n) is 3.50. The lowest BCUT2D eigenvalue weighted by Gasteiger charge is -2.24. The standard InChI is InChI=1S/C14H23N5O2/c1-9(2)5-6-14(3,21)8-15-13-17-11-10(12(20)18-13)7-16-19(11)4/h7,9,21H,5-6,8H2,1-4H3,(H2,15,17,18,20). The summed E-state index contributed by atoms with van der Waals surface area (Å²) in [6, 6.07) is 0. The van der Waals surface area contributed by atoms with E-state index in [9.17, 15) is 9.90 Å². The minimum atomic E-state index is -0.843. The average Bonchev–Trinajstić information content (AvgIpc) is 2.77. The summed E-state index contributed by atoms with van der Waals surface area (Å²) in [5.74, 6) is 0.890. The third-order valence-corrected chi connectivity index (χ3v) is 3.50. The molecule has 0 radical (unpaired) electrons. The van der Waals surface area contributed by atoms with Crippen molar-refractivity contribution in [3.63, 3.8) is 0 Å². The van der Waals surface area contributed by atoms with Gasteiger partial charge in [0.2, 0.25) is 5.95 Å². The van der Waals surface area contributed by atoms with E-state index in [1.807, 2.05) is 0 Å². The number of aliphatic hydroxyl groups is 1. The summed E-state index contributed by atoms with van der Waals surface area (Å²) >= 11 is 0. The molecule has 0 fully saturated rings. The first kappa shape index (κ1) is 15.5. The number of rotatable bonds is 6. The Kier molecular flexibility index (Phi) is 4.32. The van der Waals surface area contributed by atoms with E-state index < -0.39 is 5.60 Å². The molecule has 21 heavy (non-hydrogen) atoms. The highest BCUT2D eigenvalue weighted by Gasteiger charge is 2.21. The Morgan fingerprint density at radius 2 is 2.24 bits per heavy atom. The van der Waals surface area contributed by atoms with Gasteiger partial charge in [-0.25, -0.2) is 0 Å². The van der Waals surface area contributed by atoms with Gasteiger partial charge in [-0.1, -0.05) is 13.8 Å². The predicted molar refractivity (Wildman–Crippen MR) is 82.3 cm³/mol. The summed E-state index contributed by atoms with van der Waals surface area (Å²) in [6.45, 7) is 6.35. The van der Waals surface area contributed by atoms with Crippen molar-refractivity contribution < 1.29 is 5.11 Å². The fourth-order valence-electron chi connectivity index (χ4n) is 2.08. The molecule has 7 heteroatoms. The van der Waals surface area contributed by atoms with Crippen molar-refractivity contribution in [2.75, 3.05) is 11.9 Å². The molecule has 116 valence electrons. The number of aromatic amines is 1. The molecule has 0 spiro atoms. The molecule has 0 aliphatic rings. The molecule has 2 heterocycles. The fraction of sp³-hybridized carbons (Fsp3) is 0.643. The second kappa shape index (κ2) is 5.85. The van der Waals surface area contributed by atoms with Crippen LogP contribution >= 0.6 is 0 Å². The molecule has 7 nitrogen and oxygen atoms in total. The Bertz CT molecular complexity index is 672. The number of anilines is 1. The molecule has 2 aromatic heterocycles. The Morgan fingerprint density at radius 1 is 1.52 bits per heavy atom. The van der Waals surface area contributed by atoms with Crippen LogP contribution in [0.5, 0.6) is 0 Å². The second-order valence-corrected chi connectivity index (χ2v) is 6.20. The smallest absolute Gasteiger partial charge is 0.263 e. The maximum atomic E-state index is 11.9. The number of fused-ring (bicyclic) bond motifs is 1. The van der Waals surface area contributed by atoms with Gasteiger partial charge in [0.1, 0.15) is 5.39 Å². The number of H-pyrrole nitrogens is 1. The highest BCUT2D eigenvalue weighted by atomic mass is 16.3. The van der Waals surface area contributed by atoms with Gasteiger partial charge >= 0.3 is 0 Å². The Balaban J connectivity index is 2.09. The Hall–Kier alpha value is -1.89. The van der Waals surface area contributed by atoms with Crippen molar-refractivity contribution in [1.82, 2.24) is 19.7 Å². The van der Waals surface area contributed by atoms with Crippen LogP contribution in [-0.2, 0) is 7.05 Å². The van der Waals surface area contributed by atoms with E-state index in [0.717, 1.165) is 6.42 Å². The first-order chi connectivity index (χ1) is 9.78. The van der Waals surface area contributed by atoms with Gasteiger partial charge in [-0.15, -0.1) is 0 Å². The molecule has 0 aliphatic carbocycles. The van der Waals surface area contributed by atoms with Crippen molar-refractivity contribution in [2.45, 2.75) is 39.2 Å². The maximum absolute atomic E-state index is 11.9. The van der Waals surface area contributed by atoms with Crippen LogP contribution in [0.2, 0.25) is 0 Å². The van der Waals surface area contributed by atoms with Crippen LogP contribution in [0.25, 0.3) is 11.0 Å². The van der Waals surface area contributed by atoms with Crippen LogP contribution in [0.15, 0.2) is 11.0 Å². The number of hydrogen-bond acceptors (Lipinski definition) is 5. The van der Waals surface area contributed by atoms with Crippen LogP contribution in [0.3, 0.4) is 0 Å². The zero-order valence-electron chi connectivity index (χ0n) is 13.0. The van der Waals surface area contributed by atoms with Crippen LogP contribution < -0.4 is 10.9 Å². The summed E-state index contributed by atoms with van der Waals surface area (Å²) in [4.78, 5) is 18.9. The summed E-state index contributed by atoms with van der Waals surface area (Å²) in [7, 11) is 1.73. The number of aryl methyl sites for hydroxylation is 1. The van der Waals surface area contributed by atoms with Crippen molar-refractivity contribution in [3.05, 3.63) is 16.6 Å². The minimum absolute atomic E-state index is 0.238. The van der Waals surface area contributed by atoms with Gasteiger partial charge in [0.15, 0.2) is 5.65 Å². The third kappa shape index (κ3) is 3.81. The van der Waals surface area contributed by atoms with Gasteiger partial charge in [0.05, 0.1) is 11.8 Å². The van der Waals surface area contributed by atoms with Crippen molar-refractivity contribution in [1.29, 1.82) is 0 Å². The van der Waals surface area contributed by atoms with Crippen LogP contribution in [0.4, 0.5) is 5.95 Å². The Labute approximate surface area is 123 Å². The lowest BCUT2D eigenvalue weighted by molar-refractivity contribution is 0.0584. The lowest BCUT2D eigenvalue weighted by atomic mass is 9.95. The zero-order chi connectivity index (χ0) is 15.6. The molecule has 0 aromatic carbocycles. The maximum Gasteiger partial charge on any atom is 0.263 e. The monoisotopic (exact) mass is 293 g/mol. The number of hydrogen-bond donors (Lipinski definition) is 3. The highest BCUT2D eigenvalue weighted by Crippen LogP contribution is 2.17. The van der Waals surface area contributed by atoms with Crippen molar-refractivity contribution in [2.24, 2.45) is 13.0 Å². The molecule has 1 atom stereocenters. The van der Waals surface area contributed by atoms with Gasteiger partial charge < -0.3 is 10.4 Å². The van der Waals surface area contributed by atoms with Crippen molar-refractivity contribution >= 4 is 17.0 Å². The second-order valence-electron chi connectivity index (χ2n) is 6.20. The molecule has 0 amide bonds. The summed E-state index contributed by atoms with van der Waals surface area (Å²) < 4.78 is 1.55. The normalized spacial score (nSPS) is 14.6. The van der Waals surface area contributed by atoms with Crippen LogP contribution in [0, 0.1) is 5.92 Å². The van der Waals surface area contributed by atoms with Gasteiger partial charge in [0.25, 0.3) is 5.56 Å². The molecular formula is C14H23N5O2. The molecule has 2 aromatic rings. The molecular weight excluding hydrogens is 270 g/mol. The van der Waals surface area contributed by atoms with E-state index in [1.54, 1.807) is 18.7 Å². The van der Waals surface area contributed by atoms with E-state index in [-0.39, 0.29) is 5.56 Å². The van der Waals surface area contributed by atoms with Crippen LogP contribution in [-0.4, -0.2) is 37.0 Å². The fourth-order valence-corrected chi connectivity index (χ4v) is 2.08. The predicted octanol–water partition coefficient (Wildman–Crippen LogP) is 1.26. The highest BCUT2D eigenvalue weighted by molar-refractivity contribution is 5.74. The van der Waals surface area contributed by atoms with Gasteiger partial charge in [0, 0.05) is 13.6 Å². The number of aromatic nitrogens is 4. The molecule has 1 unspecified atom stereocenters. The van der Waals surface area contributed by atoms with E-state index in [2.05, 4.69) is 34.2 Å². The van der Waals surface area contributed by atoms with Crippen LogP contribution in [0.1, 0.15) is 33.6 Å². The summed E-state index contributed by atoms with van der Waals surface area (Å²) in [6.07, 6.45) is 3.12. The first-order valence-corrected chi connectivity index (χ1v) is 7.17. The molecule has 0 bridgehead atoms. The average molecular weight is 293 g/mol. The molecule has 0 saturated carbocycles.